The highest BCUT2D eigenvalue weighted by atomic mass is 32.2. The molecule has 1 N–H and O–H groups in total. The summed E-state index contributed by atoms with van der Waals surface area (Å²) in [6, 6.07) is 17.5. The number of nitrogens with zero attached hydrogens (tertiary/aromatic N) is 2. The van der Waals surface area contributed by atoms with Crippen LogP contribution in [0.5, 0.6) is 0 Å². The van der Waals surface area contributed by atoms with Crippen molar-refractivity contribution < 1.29 is 13.2 Å². The number of piperidine rings is 1. The summed E-state index contributed by atoms with van der Waals surface area (Å²) in [4.78, 5) is 17.1. The van der Waals surface area contributed by atoms with Crippen LogP contribution in [0.3, 0.4) is 0 Å². The first-order valence-electron chi connectivity index (χ1n) is 9.75. The number of hydrogen-bond donors (Lipinski definition) is 1. The molecule has 6 nitrogen and oxygen atoms in total. The number of pyridine rings is 1. The summed E-state index contributed by atoms with van der Waals surface area (Å²) >= 11 is 0. The number of fused-ring (bicyclic) bond motifs is 3. The second-order valence-electron chi connectivity index (χ2n) is 7.76. The van der Waals surface area contributed by atoms with Gasteiger partial charge in [0.15, 0.2) is 0 Å². The van der Waals surface area contributed by atoms with Gasteiger partial charge in [-0.2, -0.15) is 4.31 Å². The molecule has 1 amide bonds. The van der Waals surface area contributed by atoms with Crippen molar-refractivity contribution in [3.8, 4) is 0 Å². The number of amides is 1. The second kappa shape index (κ2) is 6.93. The summed E-state index contributed by atoms with van der Waals surface area (Å²) in [6.45, 7) is 0.494. The maximum Gasteiger partial charge on any atom is 0.251 e. The lowest BCUT2D eigenvalue weighted by Gasteiger charge is -2.33. The largest absolute Gasteiger partial charge is 0.348 e. The Balaban J connectivity index is 1.44. The number of hydrogen-bond acceptors (Lipinski definition) is 4. The fourth-order valence-corrected chi connectivity index (χ4v) is 6.57. The first-order valence-corrected chi connectivity index (χ1v) is 11.2. The first-order chi connectivity index (χ1) is 14.0. The van der Waals surface area contributed by atoms with Crippen LogP contribution >= 0.6 is 0 Å². The van der Waals surface area contributed by atoms with Crippen LogP contribution in [-0.2, 0) is 10.0 Å². The quantitative estimate of drug-likeness (QED) is 0.721. The number of aromatic nitrogens is 1. The molecule has 2 bridgehead atoms. The molecule has 0 spiro atoms. The van der Waals surface area contributed by atoms with E-state index in [1.165, 1.54) is 0 Å². The third-order valence-electron chi connectivity index (χ3n) is 5.97. The Bertz CT molecular complexity index is 1170. The van der Waals surface area contributed by atoms with Gasteiger partial charge < -0.3 is 5.32 Å². The smallest absolute Gasteiger partial charge is 0.251 e. The van der Waals surface area contributed by atoms with Gasteiger partial charge in [-0.15, -0.1) is 0 Å². The lowest BCUT2D eigenvalue weighted by molar-refractivity contribution is 0.0917. The minimum atomic E-state index is -3.71. The van der Waals surface area contributed by atoms with Crippen molar-refractivity contribution >= 4 is 26.8 Å². The van der Waals surface area contributed by atoms with E-state index < -0.39 is 10.0 Å². The molecule has 3 aromatic rings. The van der Waals surface area contributed by atoms with Gasteiger partial charge in [-0.3, -0.25) is 9.78 Å². The molecule has 148 valence electrons. The van der Waals surface area contributed by atoms with E-state index >= 15 is 0 Å². The molecular formula is C22H21N3O3S. The normalized spacial score (nSPS) is 24.1. The highest BCUT2D eigenvalue weighted by molar-refractivity contribution is 7.89. The zero-order valence-corrected chi connectivity index (χ0v) is 16.5. The van der Waals surface area contributed by atoms with Gasteiger partial charge in [-0.05, 0) is 43.0 Å². The standard InChI is InChI=1S/C22H21N3O3S/c26-22(17-6-2-1-3-7-17)24-18-12-15-13-19(18)25(14-15)29(27,28)20-10-4-8-16-9-5-11-23-21(16)20/h1-11,15,18-19H,12-14H2,(H,24,26)/t15-,18+,19-/m1/s1. The van der Waals surface area contributed by atoms with Crippen molar-refractivity contribution in [3.63, 3.8) is 0 Å². The molecule has 1 aromatic heterocycles. The van der Waals surface area contributed by atoms with E-state index in [9.17, 15) is 13.2 Å². The van der Waals surface area contributed by atoms with E-state index in [0.717, 1.165) is 18.2 Å². The van der Waals surface area contributed by atoms with Crippen LogP contribution in [0.15, 0.2) is 71.8 Å². The average Bonchev–Trinajstić information content (AvgIpc) is 3.35. The summed E-state index contributed by atoms with van der Waals surface area (Å²) in [7, 11) is -3.71. The summed E-state index contributed by atoms with van der Waals surface area (Å²) in [6.07, 6.45) is 3.20. The Labute approximate surface area is 169 Å². The average molecular weight is 407 g/mol. The fourth-order valence-electron chi connectivity index (χ4n) is 4.66. The van der Waals surface area contributed by atoms with Crippen LogP contribution in [0.1, 0.15) is 23.2 Å². The highest BCUT2D eigenvalue weighted by Gasteiger charge is 2.50. The fraction of sp³-hybridized carbons (Fsp3) is 0.273. The number of para-hydroxylation sites is 1. The third-order valence-corrected chi connectivity index (χ3v) is 7.89. The molecule has 1 aliphatic carbocycles. The number of carbonyl (C=O) groups excluding carboxylic acids is 1. The van der Waals surface area contributed by atoms with E-state index in [4.69, 9.17) is 0 Å². The number of carbonyl (C=O) groups is 1. The lowest BCUT2D eigenvalue weighted by Crippen LogP contribution is -2.51. The number of sulfonamides is 1. The van der Waals surface area contributed by atoms with Gasteiger partial charge >= 0.3 is 0 Å². The summed E-state index contributed by atoms with van der Waals surface area (Å²) < 4.78 is 28.6. The molecule has 7 heteroatoms. The van der Waals surface area contributed by atoms with E-state index in [1.54, 1.807) is 40.8 Å². The van der Waals surface area contributed by atoms with Gasteiger partial charge in [0.1, 0.15) is 4.90 Å². The summed E-state index contributed by atoms with van der Waals surface area (Å²) in [5, 5.41) is 3.85. The van der Waals surface area contributed by atoms with Crippen LogP contribution in [0.25, 0.3) is 10.9 Å². The van der Waals surface area contributed by atoms with Crippen molar-refractivity contribution in [1.82, 2.24) is 14.6 Å². The van der Waals surface area contributed by atoms with Crippen LogP contribution in [0, 0.1) is 5.92 Å². The van der Waals surface area contributed by atoms with E-state index in [2.05, 4.69) is 10.3 Å². The van der Waals surface area contributed by atoms with Gasteiger partial charge in [0.05, 0.1) is 5.52 Å². The molecule has 3 atom stereocenters. The highest BCUT2D eigenvalue weighted by Crippen LogP contribution is 2.41. The molecule has 1 aliphatic heterocycles. The molecule has 2 aliphatic rings. The van der Waals surface area contributed by atoms with Gasteiger partial charge in [0, 0.05) is 35.8 Å². The molecule has 29 heavy (non-hydrogen) atoms. The Morgan fingerprint density at radius 2 is 1.79 bits per heavy atom. The molecule has 1 saturated carbocycles. The zero-order chi connectivity index (χ0) is 20.0. The summed E-state index contributed by atoms with van der Waals surface area (Å²) in [5.41, 5.74) is 1.07. The third kappa shape index (κ3) is 3.10. The molecule has 5 rings (SSSR count). The SMILES string of the molecule is O=C(N[C@H]1C[C@@H]2C[C@H]1N(S(=O)(=O)c1cccc3cccnc13)C2)c1ccccc1. The molecule has 2 aromatic carbocycles. The molecular weight excluding hydrogens is 386 g/mol. The lowest BCUT2D eigenvalue weighted by atomic mass is 10.1. The van der Waals surface area contributed by atoms with Crippen LogP contribution in [0.2, 0.25) is 0 Å². The van der Waals surface area contributed by atoms with Crippen LogP contribution < -0.4 is 5.32 Å². The predicted molar refractivity (Wildman–Crippen MR) is 110 cm³/mol. The van der Waals surface area contributed by atoms with E-state index in [-0.39, 0.29) is 28.8 Å². The van der Waals surface area contributed by atoms with Gasteiger partial charge in [-0.1, -0.05) is 36.4 Å². The summed E-state index contributed by atoms with van der Waals surface area (Å²) in [5.74, 6) is 0.103. The number of rotatable bonds is 4. The molecule has 1 saturated heterocycles. The molecule has 0 unspecified atom stereocenters. The Morgan fingerprint density at radius 1 is 1.00 bits per heavy atom. The van der Waals surface area contributed by atoms with Crippen LogP contribution in [-0.4, -0.2) is 42.2 Å². The van der Waals surface area contributed by atoms with Crippen molar-refractivity contribution in [3.05, 3.63) is 72.4 Å². The number of nitrogens with one attached hydrogen (secondary N) is 1. The molecule has 2 heterocycles. The maximum absolute atomic E-state index is 13.5. The van der Waals surface area contributed by atoms with E-state index in [1.807, 2.05) is 30.3 Å². The van der Waals surface area contributed by atoms with Crippen molar-refractivity contribution in [1.29, 1.82) is 0 Å². The molecule has 0 radical (unpaired) electrons. The van der Waals surface area contributed by atoms with E-state index in [0.29, 0.717) is 17.6 Å². The predicted octanol–water partition coefficient (Wildman–Crippen LogP) is 2.82. The van der Waals surface area contributed by atoms with Gasteiger partial charge in [0.25, 0.3) is 5.91 Å². The molecule has 2 fully saturated rings. The van der Waals surface area contributed by atoms with Crippen molar-refractivity contribution in [2.75, 3.05) is 6.54 Å². The first kappa shape index (κ1) is 18.3. The minimum Gasteiger partial charge on any atom is -0.348 e. The van der Waals surface area contributed by atoms with Crippen molar-refractivity contribution in [2.45, 2.75) is 29.8 Å². The Morgan fingerprint density at radius 3 is 2.59 bits per heavy atom. The van der Waals surface area contributed by atoms with Gasteiger partial charge in [0.2, 0.25) is 10.0 Å². The minimum absolute atomic E-state index is 0.160. The zero-order valence-electron chi connectivity index (χ0n) is 15.7. The van der Waals surface area contributed by atoms with Crippen molar-refractivity contribution in [2.24, 2.45) is 5.92 Å². The monoisotopic (exact) mass is 407 g/mol. The van der Waals surface area contributed by atoms with Gasteiger partial charge in [-0.25, -0.2) is 8.42 Å². The Kier molecular flexibility index (Phi) is 4.37. The second-order valence-corrected chi connectivity index (χ2v) is 9.62. The Hall–Kier alpha value is -2.77. The maximum atomic E-state index is 13.5. The topological polar surface area (TPSA) is 79.4 Å². The van der Waals surface area contributed by atoms with Crippen LogP contribution in [0.4, 0.5) is 0 Å². The number of benzene rings is 2.